The van der Waals surface area contributed by atoms with Gasteiger partial charge >= 0.3 is 0 Å². The summed E-state index contributed by atoms with van der Waals surface area (Å²) in [5.41, 5.74) is 8.03. The fourth-order valence-electron chi connectivity index (χ4n) is 7.55. The number of thiophene rings is 1. The van der Waals surface area contributed by atoms with Gasteiger partial charge in [-0.15, -0.1) is 27.7 Å². The largest absolute Gasteiger partial charge is 0.295 e. The van der Waals surface area contributed by atoms with E-state index in [1.807, 2.05) is 23.5 Å². The van der Waals surface area contributed by atoms with E-state index in [9.17, 15) is 0 Å². The average molecular weight is 630 g/mol. The Labute approximate surface area is 295 Å². The lowest BCUT2D eigenvalue weighted by molar-refractivity contribution is 0.917. The quantitative estimate of drug-likeness (QED) is 0.184. The van der Waals surface area contributed by atoms with Gasteiger partial charge in [0.15, 0.2) is 0 Å². The van der Waals surface area contributed by atoms with Crippen molar-refractivity contribution in [1.29, 1.82) is 0 Å². The Balaban J connectivity index is 1.51. The van der Waals surface area contributed by atoms with Gasteiger partial charge in [-0.25, -0.2) is 4.98 Å². The van der Waals surface area contributed by atoms with E-state index in [1.54, 1.807) is 0 Å². The number of hydrogen-bond donors (Lipinski definition) is 0. The summed E-state index contributed by atoms with van der Waals surface area (Å²) in [6, 6.07) is 38.6. The summed E-state index contributed by atoms with van der Waals surface area (Å²) in [6.45, 7) is 2.15. The topological polar surface area (TPSA) is 17.8 Å². The fraction of sp³-hybridized carbons (Fsp3) is 0.0488. The normalized spacial score (nSPS) is 11.9. The number of para-hydroxylation sites is 2. The summed E-state index contributed by atoms with van der Waals surface area (Å²) in [4.78, 5) is 5.08. The Bertz CT molecular complexity index is 2800. The molecule has 0 fully saturated rings. The maximum Gasteiger partial charge on any atom is 0.114 e. The van der Waals surface area contributed by atoms with Crippen molar-refractivity contribution in [3.05, 3.63) is 115 Å². The highest BCUT2D eigenvalue weighted by atomic mass is 32.1. The van der Waals surface area contributed by atoms with Crippen molar-refractivity contribution < 1.29 is 0 Å². The van der Waals surface area contributed by atoms with Gasteiger partial charge in [0.2, 0.25) is 0 Å². The summed E-state index contributed by atoms with van der Waals surface area (Å²) in [5.74, 6) is 0.989. The van der Waals surface area contributed by atoms with Crippen LogP contribution in [0.5, 0.6) is 0 Å². The summed E-state index contributed by atoms with van der Waals surface area (Å²) in [7, 11) is 32.3. The third-order valence-corrected chi connectivity index (χ3v) is 11.0. The molecule has 0 spiro atoms. The monoisotopic (exact) mass is 630 g/mol. The Morgan fingerprint density at radius 2 is 1.20 bits per heavy atom. The molecule has 0 saturated carbocycles. The van der Waals surface area contributed by atoms with Crippen LogP contribution in [0.2, 0.25) is 0 Å². The number of aromatic nitrogens is 2. The van der Waals surface area contributed by atoms with Gasteiger partial charge in [-0.1, -0.05) is 96.7 Å². The van der Waals surface area contributed by atoms with Crippen LogP contribution in [-0.2, 0) is 6.42 Å². The lowest BCUT2D eigenvalue weighted by Crippen LogP contribution is -2.55. The second kappa shape index (κ2) is 11.3. The summed E-state index contributed by atoms with van der Waals surface area (Å²) >= 11 is 1.81. The molecule has 9 rings (SSSR count). The standard InChI is InChI=1S/C41H23B5N2S/c1-2-32-47-28-14-6-7-15-29(28)48(32)41-23-11-4-3-10-22(23)34(26-13-9-17-31-35(26)25-12-5-8-16-30(25)49-31)27-20-21(18-19-24(27)41)33-36(42)38(44)40(46)39(45)37(33)43/h3-20H,2H2,1H3. The lowest BCUT2D eigenvalue weighted by Gasteiger charge is -2.23. The second-order valence-corrected chi connectivity index (χ2v) is 13.5. The lowest BCUT2D eigenvalue weighted by atomic mass is 9.59. The van der Waals surface area contributed by atoms with Gasteiger partial charge in [-0.2, -0.15) is 0 Å². The van der Waals surface area contributed by atoms with Crippen molar-refractivity contribution in [2.75, 3.05) is 0 Å². The zero-order valence-corrected chi connectivity index (χ0v) is 27.6. The second-order valence-electron chi connectivity index (χ2n) is 12.5. The van der Waals surface area contributed by atoms with E-state index in [-0.39, 0.29) is 16.4 Å². The van der Waals surface area contributed by atoms with E-state index in [0.29, 0.717) is 16.5 Å². The first-order valence-corrected chi connectivity index (χ1v) is 17.1. The van der Waals surface area contributed by atoms with Gasteiger partial charge in [0.1, 0.15) is 45.1 Å². The van der Waals surface area contributed by atoms with Crippen molar-refractivity contribution in [3.63, 3.8) is 0 Å². The maximum atomic E-state index is 6.65. The summed E-state index contributed by atoms with van der Waals surface area (Å²) in [5, 5.41) is 6.84. The zero-order chi connectivity index (χ0) is 33.6. The van der Waals surface area contributed by atoms with Crippen molar-refractivity contribution in [1.82, 2.24) is 9.55 Å². The van der Waals surface area contributed by atoms with Gasteiger partial charge in [-0.3, -0.25) is 4.57 Å². The van der Waals surface area contributed by atoms with Crippen LogP contribution in [-0.4, -0.2) is 48.8 Å². The van der Waals surface area contributed by atoms with Crippen LogP contribution in [0.4, 0.5) is 0 Å². The van der Waals surface area contributed by atoms with Crippen molar-refractivity contribution in [3.8, 4) is 27.9 Å². The van der Waals surface area contributed by atoms with Crippen LogP contribution in [0.3, 0.4) is 0 Å². The molecule has 0 atom stereocenters. The smallest absolute Gasteiger partial charge is 0.114 e. The molecule has 9 aromatic rings. The minimum absolute atomic E-state index is 0.198. The molecule has 2 heterocycles. The molecule has 0 aliphatic heterocycles. The summed E-state index contributed by atoms with van der Waals surface area (Å²) < 4.78 is 4.81. The van der Waals surface area contributed by atoms with E-state index >= 15 is 0 Å². The van der Waals surface area contributed by atoms with Gasteiger partial charge < -0.3 is 0 Å². The maximum absolute atomic E-state index is 6.65. The number of benzene rings is 7. The molecule has 0 aliphatic carbocycles. The molecule has 7 aromatic carbocycles. The Morgan fingerprint density at radius 1 is 0.571 bits per heavy atom. The minimum atomic E-state index is 0.198. The first-order chi connectivity index (χ1) is 23.9. The number of imidazole rings is 1. The van der Waals surface area contributed by atoms with E-state index in [1.165, 1.54) is 20.2 Å². The molecule has 10 radical (unpaired) electrons. The highest BCUT2D eigenvalue weighted by Crippen LogP contribution is 2.47. The summed E-state index contributed by atoms with van der Waals surface area (Å²) in [6.07, 6.45) is 0.765. The first kappa shape index (κ1) is 30.2. The zero-order valence-electron chi connectivity index (χ0n) is 26.8. The molecular weight excluding hydrogens is 607 g/mol. The molecule has 2 aromatic heterocycles. The van der Waals surface area contributed by atoms with E-state index < -0.39 is 0 Å². The number of nitrogens with zero attached hydrogens (tertiary/aromatic N) is 2. The van der Waals surface area contributed by atoms with Gasteiger partial charge in [0, 0.05) is 37.4 Å². The van der Waals surface area contributed by atoms with E-state index in [2.05, 4.69) is 109 Å². The Kier molecular flexibility index (Phi) is 6.97. The molecule has 0 N–H and O–H groups in total. The van der Waals surface area contributed by atoms with Crippen molar-refractivity contribution in [2.45, 2.75) is 13.3 Å². The number of hydrogen-bond acceptors (Lipinski definition) is 2. The molecule has 49 heavy (non-hydrogen) atoms. The van der Waals surface area contributed by atoms with Crippen LogP contribution >= 0.6 is 11.3 Å². The SMILES string of the molecule is [B]c1c([B])c([B])c(-c2ccc3c(-n4c(CC)nc5ccccc54)c4ccccc4c(-c4cccc5sc6ccccc6c45)c3c2)c([B])c1[B]. The molecule has 0 aliphatic rings. The molecule has 0 unspecified atom stereocenters. The van der Waals surface area contributed by atoms with Crippen LogP contribution < -0.4 is 27.3 Å². The Hall–Kier alpha value is -4.93. The van der Waals surface area contributed by atoms with E-state index in [4.69, 9.17) is 44.2 Å². The van der Waals surface area contributed by atoms with Crippen LogP contribution in [0.1, 0.15) is 12.7 Å². The van der Waals surface area contributed by atoms with Crippen LogP contribution in [0.15, 0.2) is 109 Å². The van der Waals surface area contributed by atoms with Gasteiger partial charge in [0.25, 0.3) is 0 Å². The molecule has 0 amide bonds. The predicted molar refractivity (Wildman–Crippen MR) is 216 cm³/mol. The van der Waals surface area contributed by atoms with Crippen LogP contribution in [0.25, 0.3) is 80.7 Å². The predicted octanol–water partition coefficient (Wildman–Crippen LogP) is 5.57. The third-order valence-electron chi connectivity index (χ3n) is 9.83. The average Bonchev–Trinajstić information content (AvgIpc) is 3.71. The van der Waals surface area contributed by atoms with Crippen molar-refractivity contribution in [2.24, 2.45) is 0 Å². The minimum Gasteiger partial charge on any atom is -0.295 e. The Morgan fingerprint density at radius 3 is 1.98 bits per heavy atom. The molecule has 218 valence electrons. The third kappa shape index (κ3) is 4.36. The van der Waals surface area contributed by atoms with Crippen molar-refractivity contribution >= 4 is 131 Å². The highest BCUT2D eigenvalue weighted by molar-refractivity contribution is 7.26. The molecule has 0 bridgehead atoms. The van der Waals surface area contributed by atoms with Gasteiger partial charge in [-0.05, 0) is 63.4 Å². The first-order valence-electron chi connectivity index (χ1n) is 16.2. The fourth-order valence-corrected chi connectivity index (χ4v) is 8.68. The number of rotatable bonds is 4. The van der Waals surface area contributed by atoms with E-state index in [0.717, 1.165) is 67.2 Å². The van der Waals surface area contributed by atoms with Crippen LogP contribution in [0, 0.1) is 0 Å². The molecule has 0 saturated heterocycles. The molecule has 8 heteroatoms. The highest BCUT2D eigenvalue weighted by Gasteiger charge is 2.23. The number of fused-ring (bicyclic) bond motifs is 6. The molecular formula is C41H23B5N2S. The van der Waals surface area contributed by atoms with Gasteiger partial charge in [0.05, 0.1) is 16.7 Å². The molecule has 2 nitrogen and oxygen atoms in total. The number of aryl methyl sites for hydroxylation is 1.